The first-order chi connectivity index (χ1) is 11.7. The quantitative estimate of drug-likeness (QED) is 0.656. The average molecular weight is 328 g/mol. The molecular weight excluding hydrogens is 308 g/mol. The zero-order chi connectivity index (χ0) is 16.9. The van der Waals surface area contributed by atoms with Gasteiger partial charge in [0.25, 0.3) is 0 Å². The summed E-state index contributed by atoms with van der Waals surface area (Å²) in [6.45, 7) is 2.57. The van der Waals surface area contributed by atoms with Gasteiger partial charge in [-0.2, -0.15) is 10.2 Å². The molecule has 24 heavy (non-hydrogen) atoms. The molecule has 0 N–H and O–H groups in total. The van der Waals surface area contributed by atoms with Gasteiger partial charge in [-0.1, -0.05) is 12.1 Å². The lowest BCUT2D eigenvalue weighted by molar-refractivity contribution is 0.200. The van der Waals surface area contributed by atoms with Gasteiger partial charge in [-0.15, -0.1) is 0 Å². The van der Waals surface area contributed by atoms with E-state index in [1.54, 1.807) is 29.9 Å². The van der Waals surface area contributed by atoms with E-state index in [2.05, 4.69) is 20.2 Å². The second kappa shape index (κ2) is 7.22. The van der Waals surface area contributed by atoms with E-state index < -0.39 is 0 Å². The first-order valence-corrected chi connectivity index (χ1v) is 7.67. The van der Waals surface area contributed by atoms with Crippen molar-refractivity contribution >= 4 is 0 Å². The van der Waals surface area contributed by atoms with Crippen LogP contribution >= 0.6 is 0 Å². The van der Waals surface area contributed by atoms with Gasteiger partial charge in [-0.25, -0.2) is 19.3 Å². The Balaban J connectivity index is 2.07. The molecule has 126 valence electrons. The zero-order valence-corrected chi connectivity index (χ0v) is 14.0. The van der Waals surface area contributed by atoms with E-state index in [1.165, 1.54) is 6.33 Å². The molecule has 0 saturated heterocycles. The van der Waals surface area contributed by atoms with Crippen LogP contribution in [-0.2, 0) is 11.2 Å². The summed E-state index contributed by atoms with van der Waals surface area (Å²) in [5.74, 6) is 2.20. The number of benzene rings is 1. The molecule has 2 heterocycles. The minimum Gasteiger partial charge on any atom is -0.494 e. The number of aromatic nitrogens is 6. The largest absolute Gasteiger partial charge is 0.494 e. The number of hydrogen-bond donors (Lipinski definition) is 0. The number of hydrogen-bond acceptors (Lipinski definition) is 6. The Morgan fingerprint density at radius 2 is 2.04 bits per heavy atom. The molecule has 0 saturated carbocycles. The molecule has 0 radical (unpaired) electrons. The molecule has 2 aromatic heterocycles. The van der Waals surface area contributed by atoms with Crippen molar-refractivity contribution in [2.45, 2.75) is 19.4 Å². The van der Waals surface area contributed by atoms with Crippen LogP contribution in [0.3, 0.4) is 0 Å². The van der Waals surface area contributed by atoms with Crippen LogP contribution in [0.15, 0.2) is 36.9 Å². The Labute approximate surface area is 140 Å². The number of rotatable bonds is 7. The molecule has 3 rings (SSSR count). The van der Waals surface area contributed by atoms with E-state index in [1.807, 2.05) is 31.2 Å². The topological polar surface area (TPSA) is 79.9 Å². The van der Waals surface area contributed by atoms with Crippen molar-refractivity contribution in [3.63, 3.8) is 0 Å². The predicted molar refractivity (Wildman–Crippen MR) is 87.3 cm³/mol. The van der Waals surface area contributed by atoms with Crippen LogP contribution in [0, 0.1) is 0 Å². The molecule has 3 aromatic rings. The van der Waals surface area contributed by atoms with E-state index in [0.29, 0.717) is 18.9 Å². The third-order valence-electron chi connectivity index (χ3n) is 3.73. The van der Waals surface area contributed by atoms with Crippen molar-refractivity contribution in [1.29, 1.82) is 0 Å². The van der Waals surface area contributed by atoms with Gasteiger partial charge in [-0.05, 0) is 19.1 Å². The highest BCUT2D eigenvalue weighted by atomic mass is 16.5. The van der Waals surface area contributed by atoms with Gasteiger partial charge in [0.1, 0.15) is 30.1 Å². The summed E-state index contributed by atoms with van der Waals surface area (Å²) in [4.78, 5) is 8.69. The Kier molecular flexibility index (Phi) is 4.85. The van der Waals surface area contributed by atoms with Crippen LogP contribution in [0.1, 0.15) is 24.6 Å². The zero-order valence-electron chi connectivity index (χ0n) is 14.0. The standard InChI is InChI=1S/C16H20N6O2/c1-12(21-11-17-10-18-21)16-19-15(8-9-23-2)20-22(16)13-6-4-5-7-14(13)24-3/h4-7,10-12H,8-9H2,1-3H3. The smallest absolute Gasteiger partial charge is 0.157 e. The Morgan fingerprint density at radius 1 is 1.21 bits per heavy atom. The van der Waals surface area contributed by atoms with E-state index in [9.17, 15) is 0 Å². The predicted octanol–water partition coefficient (Wildman–Crippen LogP) is 1.67. The molecule has 0 amide bonds. The van der Waals surface area contributed by atoms with Crippen LogP contribution in [0.25, 0.3) is 5.69 Å². The molecular formula is C16H20N6O2. The van der Waals surface area contributed by atoms with Crippen molar-refractivity contribution in [1.82, 2.24) is 29.5 Å². The summed E-state index contributed by atoms with van der Waals surface area (Å²) in [5.41, 5.74) is 0.832. The summed E-state index contributed by atoms with van der Waals surface area (Å²) in [5, 5.41) is 8.85. The van der Waals surface area contributed by atoms with Crippen molar-refractivity contribution in [2.75, 3.05) is 20.8 Å². The summed E-state index contributed by atoms with van der Waals surface area (Å²) in [6.07, 6.45) is 3.81. The van der Waals surface area contributed by atoms with Crippen molar-refractivity contribution in [3.8, 4) is 11.4 Å². The number of methoxy groups -OCH3 is 2. The van der Waals surface area contributed by atoms with Gasteiger partial charge < -0.3 is 9.47 Å². The lowest BCUT2D eigenvalue weighted by Gasteiger charge is -2.14. The summed E-state index contributed by atoms with van der Waals surface area (Å²) < 4.78 is 14.2. The molecule has 0 bridgehead atoms. The van der Waals surface area contributed by atoms with Crippen molar-refractivity contribution < 1.29 is 9.47 Å². The molecule has 0 fully saturated rings. The number of nitrogens with zero attached hydrogens (tertiary/aromatic N) is 6. The van der Waals surface area contributed by atoms with Gasteiger partial charge >= 0.3 is 0 Å². The molecule has 0 aliphatic rings. The van der Waals surface area contributed by atoms with Crippen LogP contribution < -0.4 is 4.74 Å². The fourth-order valence-corrected chi connectivity index (χ4v) is 2.46. The monoisotopic (exact) mass is 328 g/mol. The van der Waals surface area contributed by atoms with Gasteiger partial charge in [-0.3, -0.25) is 0 Å². The molecule has 8 nitrogen and oxygen atoms in total. The van der Waals surface area contributed by atoms with E-state index in [0.717, 1.165) is 17.3 Å². The minimum absolute atomic E-state index is 0.124. The van der Waals surface area contributed by atoms with Gasteiger partial charge in [0.15, 0.2) is 11.6 Å². The van der Waals surface area contributed by atoms with Crippen LogP contribution in [0.2, 0.25) is 0 Å². The molecule has 0 spiro atoms. The Morgan fingerprint density at radius 3 is 2.75 bits per heavy atom. The third-order valence-corrected chi connectivity index (χ3v) is 3.73. The first-order valence-electron chi connectivity index (χ1n) is 7.67. The third kappa shape index (κ3) is 3.13. The van der Waals surface area contributed by atoms with Crippen LogP contribution in [0.4, 0.5) is 0 Å². The second-order valence-electron chi connectivity index (χ2n) is 5.26. The maximum absolute atomic E-state index is 5.47. The van der Waals surface area contributed by atoms with Gasteiger partial charge in [0.2, 0.25) is 0 Å². The minimum atomic E-state index is -0.124. The maximum atomic E-state index is 5.47. The molecule has 0 aliphatic heterocycles. The highest BCUT2D eigenvalue weighted by Gasteiger charge is 2.21. The fourth-order valence-electron chi connectivity index (χ4n) is 2.46. The maximum Gasteiger partial charge on any atom is 0.157 e. The molecule has 1 unspecified atom stereocenters. The highest BCUT2D eigenvalue weighted by Crippen LogP contribution is 2.26. The summed E-state index contributed by atoms with van der Waals surface area (Å²) in [7, 11) is 3.30. The Hall–Kier alpha value is -2.74. The van der Waals surface area contributed by atoms with E-state index in [4.69, 9.17) is 9.47 Å². The van der Waals surface area contributed by atoms with Crippen LogP contribution in [0.5, 0.6) is 5.75 Å². The van der Waals surface area contributed by atoms with E-state index >= 15 is 0 Å². The SMILES string of the molecule is COCCc1nc(C(C)n2cncn2)n(-c2ccccc2OC)n1. The molecule has 1 atom stereocenters. The Bertz CT molecular complexity index is 784. The lowest BCUT2D eigenvalue weighted by Crippen LogP contribution is -2.14. The van der Waals surface area contributed by atoms with Gasteiger partial charge in [0, 0.05) is 13.5 Å². The number of ether oxygens (including phenoxy) is 2. The van der Waals surface area contributed by atoms with Gasteiger partial charge in [0.05, 0.1) is 13.7 Å². The van der Waals surface area contributed by atoms with Crippen molar-refractivity contribution in [3.05, 3.63) is 48.6 Å². The fraction of sp³-hybridized carbons (Fsp3) is 0.375. The molecule has 8 heteroatoms. The summed E-state index contributed by atoms with van der Waals surface area (Å²) in [6, 6.07) is 7.59. The molecule has 1 aromatic carbocycles. The highest BCUT2D eigenvalue weighted by molar-refractivity contribution is 5.46. The van der Waals surface area contributed by atoms with E-state index in [-0.39, 0.29) is 6.04 Å². The lowest BCUT2D eigenvalue weighted by atomic mass is 10.2. The van der Waals surface area contributed by atoms with Crippen molar-refractivity contribution in [2.24, 2.45) is 0 Å². The molecule has 0 aliphatic carbocycles. The second-order valence-corrected chi connectivity index (χ2v) is 5.26. The first kappa shape index (κ1) is 16.1. The van der Waals surface area contributed by atoms with Crippen LogP contribution in [-0.4, -0.2) is 50.4 Å². The normalized spacial score (nSPS) is 12.3. The average Bonchev–Trinajstić information content (AvgIpc) is 3.29. The summed E-state index contributed by atoms with van der Waals surface area (Å²) >= 11 is 0. The number of para-hydroxylation sites is 2.